The Morgan fingerprint density at radius 1 is 1.16 bits per heavy atom. The lowest BCUT2D eigenvalue weighted by molar-refractivity contribution is 0.0725. The van der Waals surface area contributed by atoms with Crippen LogP contribution in [0.25, 0.3) is 0 Å². The molecule has 168 valence electrons. The van der Waals surface area contributed by atoms with E-state index in [4.69, 9.17) is 28.2 Å². The first-order chi connectivity index (χ1) is 14.9. The third-order valence-electron chi connectivity index (χ3n) is 6.38. The highest BCUT2D eigenvalue weighted by Crippen LogP contribution is 2.34. The molecule has 3 heterocycles. The monoisotopic (exact) mass is 463 g/mol. The lowest BCUT2D eigenvalue weighted by Gasteiger charge is -2.47. The average molecular weight is 464 g/mol. The summed E-state index contributed by atoms with van der Waals surface area (Å²) in [6.45, 7) is 8.93. The van der Waals surface area contributed by atoms with Crippen molar-refractivity contribution >= 4 is 34.8 Å². The molecule has 1 aromatic heterocycles. The second-order valence-corrected chi connectivity index (χ2v) is 9.81. The Bertz CT molecular complexity index is 890. The molecule has 8 heteroatoms. The van der Waals surface area contributed by atoms with Gasteiger partial charge in [-0.15, -0.1) is 0 Å². The summed E-state index contributed by atoms with van der Waals surface area (Å²) in [5.74, 6) is 3.03. The van der Waals surface area contributed by atoms with E-state index in [-0.39, 0.29) is 12.1 Å². The molecular weight excluding hydrogens is 433 g/mol. The van der Waals surface area contributed by atoms with Gasteiger partial charge in [0.2, 0.25) is 0 Å². The van der Waals surface area contributed by atoms with Gasteiger partial charge < -0.3 is 20.2 Å². The number of aliphatic hydroxyl groups is 1. The maximum Gasteiger partial charge on any atom is 0.149 e. The number of aliphatic hydroxyl groups excluding tert-OH is 1. The lowest BCUT2D eigenvalue weighted by atomic mass is 9.80. The molecule has 2 saturated heterocycles. The predicted octanol–water partition coefficient (Wildman–Crippen LogP) is 4.49. The number of aromatic nitrogens is 2. The van der Waals surface area contributed by atoms with E-state index < -0.39 is 0 Å². The fraction of sp³-hybridized carbons (Fsp3) is 0.565. The maximum atomic E-state index is 9.70. The molecule has 0 spiro atoms. The van der Waals surface area contributed by atoms with Crippen LogP contribution in [0.1, 0.15) is 38.3 Å². The number of β-amino-alcohol motifs (C(OH)–C–C–N with tert-alkyl or cyclic N) is 1. The van der Waals surface area contributed by atoms with Gasteiger partial charge in [-0.25, -0.2) is 4.98 Å². The van der Waals surface area contributed by atoms with E-state index in [1.165, 1.54) is 12.8 Å². The first-order valence-electron chi connectivity index (χ1n) is 11.1. The third-order valence-corrected chi connectivity index (χ3v) is 6.94. The number of rotatable bonds is 7. The van der Waals surface area contributed by atoms with Crippen molar-refractivity contribution in [1.29, 1.82) is 0 Å². The minimum atomic E-state index is -0.257. The van der Waals surface area contributed by atoms with E-state index in [1.54, 1.807) is 12.3 Å². The molecule has 2 aliphatic heterocycles. The Kier molecular flexibility index (Phi) is 7.22. The van der Waals surface area contributed by atoms with Crippen molar-refractivity contribution in [3.63, 3.8) is 0 Å². The SMILES string of the molecule is C[C@@H](O)CN1CCC[C@H](C2CN(c3cncc(N[C@H](C)c4ccc(Cl)cc4Cl)n3)C2)C1. The molecular formula is C23H31Cl2N5O. The van der Waals surface area contributed by atoms with Gasteiger partial charge in [-0.3, -0.25) is 4.98 Å². The molecule has 0 amide bonds. The van der Waals surface area contributed by atoms with Crippen molar-refractivity contribution in [3.8, 4) is 0 Å². The molecule has 0 radical (unpaired) electrons. The molecule has 4 rings (SSSR count). The van der Waals surface area contributed by atoms with Crippen LogP contribution in [0.4, 0.5) is 11.6 Å². The first-order valence-corrected chi connectivity index (χ1v) is 11.8. The van der Waals surface area contributed by atoms with Crippen LogP contribution < -0.4 is 10.2 Å². The van der Waals surface area contributed by atoms with Gasteiger partial charge in [-0.1, -0.05) is 29.3 Å². The van der Waals surface area contributed by atoms with Gasteiger partial charge in [0.05, 0.1) is 24.5 Å². The molecule has 3 atom stereocenters. The van der Waals surface area contributed by atoms with Gasteiger partial charge in [0, 0.05) is 36.2 Å². The Labute approximate surface area is 194 Å². The van der Waals surface area contributed by atoms with Crippen LogP contribution in [-0.2, 0) is 0 Å². The van der Waals surface area contributed by atoms with Gasteiger partial charge in [0.1, 0.15) is 11.6 Å². The van der Waals surface area contributed by atoms with E-state index >= 15 is 0 Å². The van der Waals surface area contributed by atoms with Crippen LogP contribution in [0.5, 0.6) is 0 Å². The smallest absolute Gasteiger partial charge is 0.149 e. The highest BCUT2D eigenvalue weighted by molar-refractivity contribution is 6.35. The number of nitrogens with one attached hydrogen (secondary N) is 1. The molecule has 31 heavy (non-hydrogen) atoms. The zero-order chi connectivity index (χ0) is 22.0. The molecule has 0 saturated carbocycles. The first kappa shape index (κ1) is 22.6. The number of piperidine rings is 1. The minimum Gasteiger partial charge on any atom is -0.392 e. The van der Waals surface area contributed by atoms with Gasteiger partial charge in [-0.05, 0) is 62.8 Å². The predicted molar refractivity (Wildman–Crippen MR) is 127 cm³/mol. The highest BCUT2D eigenvalue weighted by Gasteiger charge is 2.36. The molecule has 2 N–H and O–H groups in total. The lowest BCUT2D eigenvalue weighted by Crippen LogP contribution is -2.54. The van der Waals surface area contributed by atoms with Crippen molar-refractivity contribution in [2.45, 2.75) is 38.8 Å². The van der Waals surface area contributed by atoms with Crippen molar-refractivity contribution in [2.75, 3.05) is 42.9 Å². The molecule has 0 aliphatic carbocycles. The van der Waals surface area contributed by atoms with Crippen molar-refractivity contribution in [3.05, 3.63) is 46.2 Å². The molecule has 2 fully saturated rings. The quantitative estimate of drug-likeness (QED) is 0.630. The summed E-state index contributed by atoms with van der Waals surface area (Å²) < 4.78 is 0. The molecule has 6 nitrogen and oxygen atoms in total. The summed E-state index contributed by atoms with van der Waals surface area (Å²) in [4.78, 5) is 13.9. The summed E-state index contributed by atoms with van der Waals surface area (Å²) in [6.07, 6.45) is 5.82. The Morgan fingerprint density at radius 3 is 2.71 bits per heavy atom. The molecule has 1 aromatic carbocycles. The standard InChI is InChI=1S/C23H31Cl2N5O/c1-15(31)11-29-7-3-4-17(12-29)18-13-30(14-18)23-10-26-9-22(28-23)27-16(2)20-6-5-19(24)8-21(20)25/h5-6,8-10,15-18,31H,3-4,7,11-14H2,1-2H3,(H,27,28)/t15-,16-,17+/m1/s1. The number of benzene rings is 1. The topological polar surface area (TPSA) is 64.5 Å². The Morgan fingerprint density at radius 2 is 1.97 bits per heavy atom. The van der Waals surface area contributed by atoms with Crippen LogP contribution in [0.2, 0.25) is 10.0 Å². The fourth-order valence-electron chi connectivity index (χ4n) is 4.74. The summed E-state index contributed by atoms with van der Waals surface area (Å²) in [6, 6.07) is 5.52. The van der Waals surface area contributed by atoms with Crippen molar-refractivity contribution < 1.29 is 5.11 Å². The van der Waals surface area contributed by atoms with Crippen molar-refractivity contribution in [1.82, 2.24) is 14.9 Å². The zero-order valence-electron chi connectivity index (χ0n) is 18.1. The second kappa shape index (κ2) is 9.90. The zero-order valence-corrected chi connectivity index (χ0v) is 19.6. The molecule has 2 aliphatic rings. The molecule has 0 unspecified atom stereocenters. The van der Waals surface area contributed by atoms with Crippen molar-refractivity contribution in [2.24, 2.45) is 11.8 Å². The van der Waals surface area contributed by atoms with Crippen LogP contribution in [-0.4, -0.2) is 58.8 Å². The number of hydrogen-bond donors (Lipinski definition) is 2. The Hall–Kier alpha value is -1.60. The number of hydrogen-bond acceptors (Lipinski definition) is 6. The number of anilines is 2. The van der Waals surface area contributed by atoms with Gasteiger partial charge in [-0.2, -0.15) is 0 Å². The average Bonchev–Trinajstić information content (AvgIpc) is 2.67. The highest BCUT2D eigenvalue weighted by atomic mass is 35.5. The van der Waals surface area contributed by atoms with E-state index in [9.17, 15) is 5.11 Å². The minimum absolute atomic E-state index is 0.0133. The molecule has 0 bridgehead atoms. The second-order valence-electron chi connectivity index (χ2n) is 8.97. The summed E-state index contributed by atoms with van der Waals surface area (Å²) in [7, 11) is 0. The summed E-state index contributed by atoms with van der Waals surface area (Å²) in [5.41, 5.74) is 0.973. The fourth-order valence-corrected chi connectivity index (χ4v) is 5.32. The molecule has 2 aromatic rings. The van der Waals surface area contributed by atoms with E-state index in [2.05, 4.69) is 20.1 Å². The van der Waals surface area contributed by atoms with Gasteiger partial charge >= 0.3 is 0 Å². The normalized spacial score (nSPS) is 22.1. The van der Waals surface area contributed by atoms with Gasteiger partial charge in [0.25, 0.3) is 0 Å². The Balaban J connectivity index is 1.33. The van der Waals surface area contributed by atoms with E-state index in [0.717, 1.165) is 49.9 Å². The van der Waals surface area contributed by atoms with Gasteiger partial charge in [0.15, 0.2) is 0 Å². The number of nitrogens with zero attached hydrogens (tertiary/aromatic N) is 4. The van der Waals surface area contributed by atoms with E-state index in [0.29, 0.717) is 21.9 Å². The van der Waals surface area contributed by atoms with E-state index in [1.807, 2.05) is 32.2 Å². The summed E-state index contributed by atoms with van der Waals surface area (Å²) in [5, 5.41) is 14.4. The largest absolute Gasteiger partial charge is 0.392 e. The summed E-state index contributed by atoms with van der Waals surface area (Å²) >= 11 is 12.4. The van der Waals surface area contributed by atoms with Crippen LogP contribution in [0.15, 0.2) is 30.6 Å². The van der Waals surface area contributed by atoms with Crippen LogP contribution in [0, 0.1) is 11.8 Å². The number of likely N-dealkylation sites (tertiary alicyclic amines) is 1. The maximum absolute atomic E-state index is 9.70. The van der Waals surface area contributed by atoms with Crippen LogP contribution in [0.3, 0.4) is 0 Å². The third kappa shape index (κ3) is 5.61. The number of halogens is 2. The van der Waals surface area contributed by atoms with Crippen LogP contribution >= 0.6 is 23.2 Å².